The molecule has 4 rings (SSSR count). The van der Waals surface area contributed by atoms with Crippen LogP contribution in [0.25, 0.3) is 0 Å². The van der Waals surface area contributed by atoms with Gasteiger partial charge in [-0.1, -0.05) is 43.2 Å². The highest BCUT2D eigenvalue weighted by atomic mass is 16.2. The highest BCUT2D eigenvalue weighted by Crippen LogP contribution is 2.40. The van der Waals surface area contributed by atoms with E-state index in [1.165, 1.54) is 18.4 Å². The van der Waals surface area contributed by atoms with Gasteiger partial charge in [0.05, 0.1) is 6.54 Å². The van der Waals surface area contributed by atoms with Crippen molar-refractivity contribution in [3.05, 3.63) is 66.0 Å². The van der Waals surface area contributed by atoms with Gasteiger partial charge in [0, 0.05) is 56.1 Å². The topological polar surface area (TPSA) is 65.5 Å². The number of aromatic nitrogens is 1. The first-order valence-electron chi connectivity index (χ1n) is 11.4. The van der Waals surface area contributed by atoms with Crippen molar-refractivity contribution in [2.24, 2.45) is 0 Å². The van der Waals surface area contributed by atoms with Gasteiger partial charge in [0.25, 0.3) is 5.91 Å². The summed E-state index contributed by atoms with van der Waals surface area (Å²) in [6.45, 7) is 4.00. The SMILES string of the molecule is O=C(CN1CCCN(C(=O)c2ccncc2)CC1)NCC1(c2ccccc2)CCCC1. The summed E-state index contributed by atoms with van der Waals surface area (Å²) in [5, 5.41) is 3.22. The minimum Gasteiger partial charge on any atom is -0.354 e. The van der Waals surface area contributed by atoms with E-state index in [4.69, 9.17) is 0 Å². The van der Waals surface area contributed by atoms with Crippen LogP contribution in [0.4, 0.5) is 0 Å². The molecule has 2 fully saturated rings. The van der Waals surface area contributed by atoms with Gasteiger partial charge < -0.3 is 10.2 Å². The lowest BCUT2D eigenvalue weighted by Crippen LogP contribution is -2.44. The minimum atomic E-state index is 0.0414. The van der Waals surface area contributed by atoms with Crippen molar-refractivity contribution in [1.29, 1.82) is 0 Å². The van der Waals surface area contributed by atoms with Crippen molar-refractivity contribution >= 4 is 11.8 Å². The third-order valence-corrected chi connectivity index (χ3v) is 6.74. The van der Waals surface area contributed by atoms with Gasteiger partial charge in [-0.3, -0.25) is 19.5 Å². The van der Waals surface area contributed by atoms with E-state index in [1.54, 1.807) is 24.5 Å². The largest absolute Gasteiger partial charge is 0.354 e. The molecule has 0 spiro atoms. The van der Waals surface area contributed by atoms with E-state index >= 15 is 0 Å². The lowest BCUT2D eigenvalue weighted by atomic mass is 9.79. The van der Waals surface area contributed by atoms with Crippen LogP contribution in [0, 0.1) is 0 Å². The van der Waals surface area contributed by atoms with Crippen molar-refractivity contribution in [2.45, 2.75) is 37.5 Å². The van der Waals surface area contributed by atoms with Crippen LogP contribution in [0.3, 0.4) is 0 Å². The second-order valence-electron chi connectivity index (χ2n) is 8.79. The van der Waals surface area contributed by atoms with Crippen molar-refractivity contribution in [1.82, 2.24) is 20.1 Å². The molecule has 1 saturated carbocycles. The summed E-state index contributed by atoms with van der Waals surface area (Å²) in [4.78, 5) is 33.5. The number of amides is 2. The predicted octanol–water partition coefficient (Wildman–Crippen LogP) is 2.86. The molecule has 31 heavy (non-hydrogen) atoms. The molecule has 6 heteroatoms. The predicted molar refractivity (Wildman–Crippen MR) is 121 cm³/mol. The average Bonchev–Trinajstić information content (AvgIpc) is 3.19. The number of benzene rings is 1. The van der Waals surface area contributed by atoms with Gasteiger partial charge in [-0.05, 0) is 37.0 Å². The molecule has 1 saturated heterocycles. The van der Waals surface area contributed by atoms with E-state index in [1.807, 2.05) is 11.0 Å². The third kappa shape index (κ3) is 5.31. The zero-order valence-corrected chi connectivity index (χ0v) is 18.1. The number of hydrogen-bond acceptors (Lipinski definition) is 4. The van der Waals surface area contributed by atoms with Crippen LogP contribution < -0.4 is 5.32 Å². The van der Waals surface area contributed by atoms with Gasteiger partial charge in [0.15, 0.2) is 0 Å². The van der Waals surface area contributed by atoms with E-state index in [2.05, 4.69) is 39.5 Å². The highest BCUT2D eigenvalue weighted by molar-refractivity contribution is 5.94. The standard InChI is InChI=1S/C25H32N4O2/c30-23(27-20-25(11-4-5-12-25)22-7-2-1-3-8-22)19-28-15-6-16-29(18-17-28)24(31)21-9-13-26-14-10-21/h1-3,7-10,13-14H,4-6,11-12,15-20H2,(H,27,30). The zero-order chi connectivity index (χ0) is 21.5. The minimum absolute atomic E-state index is 0.0414. The van der Waals surface area contributed by atoms with Crippen LogP contribution in [0.2, 0.25) is 0 Å². The van der Waals surface area contributed by atoms with Crippen molar-refractivity contribution < 1.29 is 9.59 Å². The van der Waals surface area contributed by atoms with Crippen molar-refractivity contribution in [3.63, 3.8) is 0 Å². The molecule has 0 unspecified atom stereocenters. The Morgan fingerprint density at radius 2 is 1.65 bits per heavy atom. The summed E-state index contributed by atoms with van der Waals surface area (Å²) in [5.41, 5.74) is 2.08. The number of nitrogens with zero attached hydrogens (tertiary/aromatic N) is 3. The van der Waals surface area contributed by atoms with Crippen LogP contribution in [-0.4, -0.2) is 65.9 Å². The van der Waals surface area contributed by atoms with Crippen LogP contribution in [-0.2, 0) is 10.2 Å². The summed E-state index contributed by atoms with van der Waals surface area (Å²) in [6, 6.07) is 14.1. The Morgan fingerprint density at radius 1 is 0.903 bits per heavy atom. The molecule has 164 valence electrons. The van der Waals surface area contributed by atoms with Crippen molar-refractivity contribution in [2.75, 3.05) is 39.3 Å². The summed E-state index contributed by atoms with van der Waals surface area (Å²) in [5.74, 6) is 0.121. The second kappa shape index (κ2) is 10.1. The fourth-order valence-electron chi connectivity index (χ4n) is 4.95. The van der Waals surface area contributed by atoms with Crippen LogP contribution in [0.15, 0.2) is 54.9 Å². The molecular formula is C25H32N4O2. The van der Waals surface area contributed by atoms with Gasteiger partial charge in [-0.15, -0.1) is 0 Å². The number of hydrogen-bond donors (Lipinski definition) is 1. The normalized spacial score (nSPS) is 19.0. The van der Waals surface area contributed by atoms with Gasteiger partial charge in [-0.25, -0.2) is 0 Å². The Labute approximate surface area is 184 Å². The summed E-state index contributed by atoms with van der Waals surface area (Å²) < 4.78 is 0. The van der Waals surface area contributed by atoms with E-state index < -0.39 is 0 Å². The first kappa shape index (κ1) is 21.5. The molecule has 2 heterocycles. The number of carbonyl (C=O) groups excluding carboxylic acids is 2. The summed E-state index contributed by atoms with van der Waals surface area (Å²) in [6.07, 6.45) is 8.87. The third-order valence-electron chi connectivity index (χ3n) is 6.74. The molecule has 1 aromatic carbocycles. The fourth-order valence-corrected chi connectivity index (χ4v) is 4.95. The molecule has 2 aromatic rings. The highest BCUT2D eigenvalue weighted by Gasteiger charge is 2.35. The molecule has 0 atom stereocenters. The molecular weight excluding hydrogens is 388 g/mol. The Morgan fingerprint density at radius 3 is 2.39 bits per heavy atom. The molecule has 1 aliphatic heterocycles. The van der Waals surface area contributed by atoms with Gasteiger partial charge in [-0.2, -0.15) is 0 Å². The van der Waals surface area contributed by atoms with Crippen LogP contribution in [0.5, 0.6) is 0 Å². The molecule has 1 aliphatic carbocycles. The Hall–Kier alpha value is -2.73. The lowest BCUT2D eigenvalue weighted by molar-refractivity contribution is -0.122. The molecule has 0 bridgehead atoms. The molecule has 1 aromatic heterocycles. The summed E-state index contributed by atoms with van der Waals surface area (Å²) >= 11 is 0. The second-order valence-corrected chi connectivity index (χ2v) is 8.79. The number of pyridine rings is 1. The number of rotatable bonds is 6. The van der Waals surface area contributed by atoms with E-state index in [9.17, 15) is 9.59 Å². The zero-order valence-electron chi connectivity index (χ0n) is 18.1. The van der Waals surface area contributed by atoms with Gasteiger partial charge in [0.1, 0.15) is 0 Å². The van der Waals surface area contributed by atoms with Crippen LogP contribution in [0.1, 0.15) is 48.0 Å². The smallest absolute Gasteiger partial charge is 0.254 e. The Kier molecular flexibility index (Phi) is 6.97. The molecule has 6 nitrogen and oxygen atoms in total. The van der Waals surface area contributed by atoms with Crippen LogP contribution >= 0.6 is 0 Å². The summed E-state index contributed by atoms with van der Waals surface area (Å²) in [7, 11) is 0. The molecule has 2 amide bonds. The Balaban J connectivity index is 1.28. The first-order valence-corrected chi connectivity index (χ1v) is 11.4. The Bertz CT molecular complexity index is 866. The maximum atomic E-state index is 12.8. The fraction of sp³-hybridized carbons (Fsp3) is 0.480. The van der Waals surface area contributed by atoms with E-state index in [0.29, 0.717) is 31.7 Å². The number of nitrogens with one attached hydrogen (secondary N) is 1. The number of carbonyl (C=O) groups is 2. The quantitative estimate of drug-likeness (QED) is 0.781. The maximum absolute atomic E-state index is 12.8. The van der Waals surface area contributed by atoms with Gasteiger partial charge >= 0.3 is 0 Å². The maximum Gasteiger partial charge on any atom is 0.254 e. The van der Waals surface area contributed by atoms with E-state index in [0.717, 1.165) is 32.4 Å². The monoisotopic (exact) mass is 420 g/mol. The van der Waals surface area contributed by atoms with E-state index in [-0.39, 0.29) is 17.2 Å². The molecule has 2 aliphatic rings. The van der Waals surface area contributed by atoms with Gasteiger partial charge in [0.2, 0.25) is 5.91 Å². The van der Waals surface area contributed by atoms with Crippen molar-refractivity contribution in [3.8, 4) is 0 Å². The lowest BCUT2D eigenvalue weighted by Gasteiger charge is -2.30. The first-order chi connectivity index (χ1) is 15.2. The molecule has 0 radical (unpaired) electrons. The average molecular weight is 421 g/mol. The molecule has 1 N–H and O–H groups in total.